The Morgan fingerprint density at radius 1 is 0.933 bits per heavy atom. The zero-order valence-electron chi connectivity index (χ0n) is 8.18. The summed E-state index contributed by atoms with van der Waals surface area (Å²) in [4.78, 5) is 0. The molecule has 2 nitrogen and oxygen atoms in total. The maximum absolute atomic E-state index is 9.53. The van der Waals surface area contributed by atoms with Crippen LogP contribution in [0.15, 0.2) is 54.7 Å². The summed E-state index contributed by atoms with van der Waals surface area (Å²) in [7, 11) is 0. The van der Waals surface area contributed by atoms with E-state index in [4.69, 9.17) is 0 Å². The minimum atomic E-state index is 0. The van der Waals surface area contributed by atoms with Gasteiger partial charge in [0.25, 0.3) is 0 Å². The van der Waals surface area contributed by atoms with Gasteiger partial charge in [-0.3, -0.25) is 0 Å². The second kappa shape index (κ2) is 5.51. The van der Waals surface area contributed by atoms with Gasteiger partial charge in [0.1, 0.15) is 0 Å². The first-order chi connectivity index (χ1) is 6.86. The lowest BCUT2D eigenvalue weighted by molar-refractivity contribution is -0.694. The number of aromatic nitrogens is 1. The van der Waals surface area contributed by atoms with Crippen LogP contribution in [0.3, 0.4) is 0 Å². The van der Waals surface area contributed by atoms with Crippen LogP contribution in [0, 0.1) is 0 Å². The van der Waals surface area contributed by atoms with Gasteiger partial charge in [-0.15, -0.1) is 0 Å². The summed E-state index contributed by atoms with van der Waals surface area (Å²) < 4.78 is 1.80. The lowest BCUT2D eigenvalue weighted by atomic mass is 10.2. The highest BCUT2D eigenvalue weighted by Gasteiger charge is 2.06. The quantitative estimate of drug-likeness (QED) is 0.674. The Labute approximate surface area is 99.6 Å². The summed E-state index contributed by atoms with van der Waals surface area (Å²) in [5.41, 5.74) is 1.18. The molecule has 2 aromatic rings. The molecule has 0 radical (unpaired) electrons. The first-order valence-electron chi connectivity index (χ1n) is 4.57. The minimum absolute atomic E-state index is 0. The molecule has 1 aromatic carbocycles. The van der Waals surface area contributed by atoms with Crippen LogP contribution >= 0.6 is 0 Å². The highest BCUT2D eigenvalue weighted by molar-refractivity contribution is 5.13. The van der Waals surface area contributed by atoms with Gasteiger partial charge in [-0.05, 0) is 6.07 Å². The van der Waals surface area contributed by atoms with Crippen molar-refractivity contribution in [3.63, 3.8) is 0 Å². The largest absolute Gasteiger partial charge is 1.00 e. The van der Waals surface area contributed by atoms with Crippen LogP contribution in [0.2, 0.25) is 0 Å². The molecule has 0 fully saturated rings. The van der Waals surface area contributed by atoms with Crippen LogP contribution in [-0.4, -0.2) is 5.11 Å². The van der Waals surface area contributed by atoms with Crippen LogP contribution < -0.4 is 21.5 Å². The molecule has 0 atom stereocenters. The average molecular weight is 266 g/mol. The van der Waals surface area contributed by atoms with Crippen molar-refractivity contribution < 1.29 is 26.7 Å². The van der Waals surface area contributed by atoms with Crippen molar-refractivity contribution in [2.75, 3.05) is 0 Å². The van der Waals surface area contributed by atoms with Gasteiger partial charge in [-0.1, -0.05) is 30.3 Å². The molecule has 0 aliphatic carbocycles. The van der Waals surface area contributed by atoms with E-state index in [1.165, 1.54) is 5.56 Å². The molecule has 78 valence electrons. The number of halogens is 1. The van der Waals surface area contributed by atoms with Gasteiger partial charge in [0.2, 0.25) is 0 Å². The number of benzene rings is 1. The topological polar surface area (TPSA) is 24.1 Å². The molecule has 1 N–H and O–H groups in total. The van der Waals surface area contributed by atoms with Crippen molar-refractivity contribution >= 4 is 0 Å². The summed E-state index contributed by atoms with van der Waals surface area (Å²) in [6.45, 7) is 0.702. The van der Waals surface area contributed by atoms with E-state index in [2.05, 4.69) is 0 Å². The van der Waals surface area contributed by atoms with Crippen molar-refractivity contribution in [3.8, 4) is 5.88 Å². The molecule has 15 heavy (non-hydrogen) atoms. The van der Waals surface area contributed by atoms with Gasteiger partial charge < -0.3 is 22.1 Å². The fraction of sp³-hybridized carbons (Fsp3) is 0.0833. The first-order valence-corrected chi connectivity index (χ1v) is 4.57. The van der Waals surface area contributed by atoms with Crippen molar-refractivity contribution in [1.82, 2.24) is 0 Å². The Bertz CT molecular complexity index is 417. The summed E-state index contributed by atoms with van der Waals surface area (Å²) in [5, 5.41) is 9.53. The zero-order valence-corrected chi connectivity index (χ0v) is 9.76. The number of hydrogen-bond acceptors (Lipinski definition) is 1. The second-order valence-corrected chi connectivity index (χ2v) is 3.17. The number of hydrogen-bond donors (Lipinski definition) is 1. The van der Waals surface area contributed by atoms with E-state index in [9.17, 15) is 5.11 Å². The van der Waals surface area contributed by atoms with E-state index in [0.29, 0.717) is 6.54 Å². The van der Waals surface area contributed by atoms with Gasteiger partial charge in [-0.2, -0.15) is 4.57 Å². The highest BCUT2D eigenvalue weighted by atomic mass is 79.9. The van der Waals surface area contributed by atoms with Gasteiger partial charge in [-0.25, -0.2) is 0 Å². The Hall–Kier alpha value is -1.35. The Kier molecular flexibility index (Phi) is 4.31. The molecule has 0 bridgehead atoms. The van der Waals surface area contributed by atoms with E-state index in [0.717, 1.165) is 0 Å². The van der Waals surface area contributed by atoms with Crippen molar-refractivity contribution in [2.24, 2.45) is 0 Å². The van der Waals surface area contributed by atoms with Crippen molar-refractivity contribution in [1.29, 1.82) is 0 Å². The van der Waals surface area contributed by atoms with Crippen LogP contribution in [0.1, 0.15) is 5.56 Å². The van der Waals surface area contributed by atoms with E-state index in [-0.39, 0.29) is 22.9 Å². The summed E-state index contributed by atoms with van der Waals surface area (Å²) in [6, 6.07) is 15.5. The maximum atomic E-state index is 9.53. The van der Waals surface area contributed by atoms with Gasteiger partial charge in [0.15, 0.2) is 12.7 Å². The molecule has 0 unspecified atom stereocenters. The molecule has 0 saturated heterocycles. The lowest BCUT2D eigenvalue weighted by Gasteiger charge is -1.98. The zero-order chi connectivity index (χ0) is 9.80. The molecule has 0 amide bonds. The Balaban J connectivity index is 0.00000112. The Morgan fingerprint density at radius 3 is 2.27 bits per heavy atom. The van der Waals surface area contributed by atoms with Gasteiger partial charge >= 0.3 is 5.88 Å². The van der Waals surface area contributed by atoms with E-state index in [1.807, 2.05) is 48.7 Å². The first kappa shape index (κ1) is 11.7. The van der Waals surface area contributed by atoms with E-state index < -0.39 is 0 Å². The predicted molar refractivity (Wildman–Crippen MR) is 53.8 cm³/mol. The number of nitrogens with zero attached hydrogens (tertiary/aromatic N) is 1. The smallest absolute Gasteiger partial charge is 0.365 e. The standard InChI is InChI=1S/C12H11NO.BrH/c14-12-8-4-5-9-13(12)10-11-6-2-1-3-7-11;/h1-9H,10H2;1H. The predicted octanol–water partition coefficient (Wildman–Crippen LogP) is -1.27. The molecule has 0 aliphatic rings. The summed E-state index contributed by atoms with van der Waals surface area (Å²) >= 11 is 0. The molecule has 0 aliphatic heterocycles. The monoisotopic (exact) mass is 265 g/mol. The number of pyridine rings is 1. The molecule has 1 aromatic heterocycles. The molecule has 0 saturated carbocycles. The van der Waals surface area contributed by atoms with Gasteiger partial charge in [0, 0.05) is 11.6 Å². The lowest BCUT2D eigenvalue weighted by Crippen LogP contribution is -3.00. The molecule has 3 heteroatoms. The summed E-state index contributed by atoms with van der Waals surface area (Å²) in [5.74, 6) is 0.288. The minimum Gasteiger partial charge on any atom is -1.00 e. The second-order valence-electron chi connectivity index (χ2n) is 3.17. The molecule has 2 rings (SSSR count). The van der Waals surface area contributed by atoms with E-state index >= 15 is 0 Å². The highest BCUT2D eigenvalue weighted by Crippen LogP contribution is 2.02. The van der Waals surface area contributed by atoms with Crippen molar-refractivity contribution in [2.45, 2.75) is 6.54 Å². The van der Waals surface area contributed by atoms with Gasteiger partial charge in [0.05, 0.1) is 6.07 Å². The third kappa shape index (κ3) is 3.06. The normalized spacial score (nSPS) is 9.33. The molecular weight excluding hydrogens is 254 g/mol. The average Bonchev–Trinajstić information content (AvgIpc) is 2.23. The third-order valence-electron chi connectivity index (χ3n) is 2.11. The van der Waals surface area contributed by atoms with Crippen LogP contribution in [0.4, 0.5) is 0 Å². The SMILES string of the molecule is Oc1cccc[n+]1Cc1ccccc1.[Br-]. The fourth-order valence-corrected chi connectivity index (χ4v) is 1.38. The van der Waals surface area contributed by atoms with Crippen LogP contribution in [-0.2, 0) is 6.54 Å². The van der Waals surface area contributed by atoms with Crippen LogP contribution in [0.5, 0.6) is 5.88 Å². The molecule has 0 spiro atoms. The van der Waals surface area contributed by atoms with Crippen molar-refractivity contribution in [3.05, 3.63) is 60.3 Å². The number of rotatable bonds is 2. The molecular formula is C12H12BrNO. The number of aromatic hydroxyl groups is 1. The fourth-order valence-electron chi connectivity index (χ4n) is 1.38. The Morgan fingerprint density at radius 2 is 1.60 bits per heavy atom. The summed E-state index contributed by atoms with van der Waals surface area (Å²) in [6.07, 6.45) is 1.86. The third-order valence-corrected chi connectivity index (χ3v) is 2.11. The maximum Gasteiger partial charge on any atom is 0.365 e. The molecule has 1 heterocycles. The van der Waals surface area contributed by atoms with E-state index in [1.54, 1.807) is 10.6 Å². The van der Waals surface area contributed by atoms with Crippen LogP contribution in [0.25, 0.3) is 0 Å².